The summed E-state index contributed by atoms with van der Waals surface area (Å²) in [5.41, 5.74) is 0. The Bertz CT molecular complexity index is 421. The largest absolute Gasteiger partial charge is 0.0836 e. The number of benzene rings is 2. The summed E-state index contributed by atoms with van der Waals surface area (Å²) in [5, 5.41) is 3.12. The minimum absolute atomic E-state index is 0.573. The average molecular weight is 195 g/mol. The lowest BCUT2D eigenvalue weighted by molar-refractivity contribution is 1.72. The summed E-state index contributed by atoms with van der Waals surface area (Å²) in [6, 6.07) is 13.1. The highest BCUT2D eigenvalue weighted by atomic mass is 35.5. The van der Waals surface area contributed by atoms with Crippen LogP contribution in [0.5, 0.6) is 0 Å². The SMILES string of the molecule is Clc1[c]cc2cc[c]c(Cl)c2c1. The van der Waals surface area contributed by atoms with E-state index in [4.69, 9.17) is 23.2 Å². The first-order chi connectivity index (χ1) is 5.77. The van der Waals surface area contributed by atoms with Gasteiger partial charge in [0, 0.05) is 22.5 Å². The van der Waals surface area contributed by atoms with Crippen molar-refractivity contribution in [2.24, 2.45) is 0 Å². The van der Waals surface area contributed by atoms with E-state index in [1.165, 1.54) is 0 Å². The maximum Gasteiger partial charge on any atom is 0.0563 e. The second-order valence-corrected chi connectivity index (χ2v) is 3.23. The molecule has 0 amide bonds. The summed E-state index contributed by atoms with van der Waals surface area (Å²) >= 11 is 11.7. The molecule has 0 saturated heterocycles. The Labute approximate surface area is 80.7 Å². The van der Waals surface area contributed by atoms with Crippen molar-refractivity contribution in [3.63, 3.8) is 0 Å². The van der Waals surface area contributed by atoms with E-state index in [1.807, 2.05) is 12.1 Å². The molecule has 2 aromatic carbocycles. The molecule has 0 heterocycles. The molecule has 0 spiro atoms. The molecule has 2 radical (unpaired) electrons. The summed E-state index contributed by atoms with van der Waals surface area (Å²) in [7, 11) is 0. The molecule has 2 rings (SSSR count). The predicted octanol–water partition coefficient (Wildman–Crippen LogP) is 3.75. The van der Waals surface area contributed by atoms with Crippen molar-refractivity contribution >= 4 is 34.0 Å². The van der Waals surface area contributed by atoms with Gasteiger partial charge in [0.05, 0.1) is 5.02 Å². The third-order valence-corrected chi connectivity index (χ3v) is 2.19. The molecule has 0 aliphatic heterocycles. The molecule has 0 unspecified atom stereocenters. The van der Waals surface area contributed by atoms with Crippen molar-refractivity contribution in [2.75, 3.05) is 0 Å². The van der Waals surface area contributed by atoms with Crippen LogP contribution < -0.4 is 0 Å². The van der Waals surface area contributed by atoms with E-state index < -0.39 is 0 Å². The summed E-state index contributed by atoms with van der Waals surface area (Å²) in [6.07, 6.45) is 0. The van der Waals surface area contributed by atoms with E-state index >= 15 is 0 Å². The van der Waals surface area contributed by atoms with Gasteiger partial charge >= 0.3 is 0 Å². The number of hydrogen-bond acceptors (Lipinski definition) is 0. The van der Waals surface area contributed by atoms with Gasteiger partial charge in [-0.2, -0.15) is 0 Å². The predicted molar refractivity (Wildman–Crippen MR) is 51.6 cm³/mol. The Balaban J connectivity index is 2.88. The Kier molecular flexibility index (Phi) is 1.95. The van der Waals surface area contributed by atoms with E-state index in [1.54, 1.807) is 12.1 Å². The van der Waals surface area contributed by atoms with E-state index in [-0.39, 0.29) is 0 Å². The zero-order chi connectivity index (χ0) is 8.55. The van der Waals surface area contributed by atoms with Gasteiger partial charge in [-0.15, -0.1) is 0 Å². The number of fused-ring (bicyclic) bond motifs is 1. The Morgan fingerprint density at radius 3 is 2.83 bits per heavy atom. The van der Waals surface area contributed by atoms with Gasteiger partial charge < -0.3 is 0 Å². The molecule has 2 aromatic rings. The van der Waals surface area contributed by atoms with Crippen molar-refractivity contribution in [2.45, 2.75) is 0 Å². The summed E-state index contributed by atoms with van der Waals surface area (Å²) in [6.45, 7) is 0. The number of hydrogen-bond donors (Lipinski definition) is 0. The van der Waals surface area contributed by atoms with E-state index in [0.717, 1.165) is 10.8 Å². The molecule has 0 nitrogen and oxygen atoms in total. The highest BCUT2D eigenvalue weighted by molar-refractivity contribution is 6.36. The zero-order valence-corrected chi connectivity index (χ0v) is 7.58. The fourth-order valence-electron chi connectivity index (χ4n) is 1.09. The number of rotatable bonds is 0. The highest BCUT2D eigenvalue weighted by Gasteiger charge is 1.98. The van der Waals surface area contributed by atoms with E-state index in [9.17, 15) is 0 Å². The van der Waals surface area contributed by atoms with Gasteiger partial charge in [0.2, 0.25) is 0 Å². The van der Waals surface area contributed by atoms with Gasteiger partial charge in [0.25, 0.3) is 0 Å². The third-order valence-electron chi connectivity index (χ3n) is 1.66. The normalized spacial score (nSPS) is 10.5. The van der Waals surface area contributed by atoms with Crippen molar-refractivity contribution in [3.8, 4) is 0 Å². The molecular formula is C10H4Cl2. The second-order valence-electron chi connectivity index (χ2n) is 2.44. The van der Waals surface area contributed by atoms with Crippen LogP contribution in [-0.2, 0) is 0 Å². The zero-order valence-electron chi connectivity index (χ0n) is 6.07. The highest BCUT2D eigenvalue weighted by Crippen LogP contribution is 2.25. The van der Waals surface area contributed by atoms with Gasteiger partial charge in [-0.3, -0.25) is 0 Å². The van der Waals surface area contributed by atoms with Crippen LogP contribution in [0.1, 0.15) is 0 Å². The third kappa shape index (κ3) is 1.28. The van der Waals surface area contributed by atoms with Crippen LogP contribution in [0.2, 0.25) is 10.0 Å². The molecule has 0 atom stereocenters. The molecule has 0 saturated carbocycles. The van der Waals surface area contributed by atoms with Crippen molar-refractivity contribution in [1.29, 1.82) is 0 Å². The number of halogens is 2. The van der Waals surface area contributed by atoms with Gasteiger partial charge in [0.1, 0.15) is 0 Å². The van der Waals surface area contributed by atoms with E-state index in [0.29, 0.717) is 10.0 Å². The maximum absolute atomic E-state index is 5.90. The lowest BCUT2D eigenvalue weighted by atomic mass is 10.1. The first-order valence-electron chi connectivity index (χ1n) is 3.44. The molecular weight excluding hydrogens is 191 g/mol. The Morgan fingerprint density at radius 2 is 2.00 bits per heavy atom. The lowest BCUT2D eigenvalue weighted by Crippen LogP contribution is -1.74. The molecule has 0 bridgehead atoms. The first kappa shape index (κ1) is 7.90. The topological polar surface area (TPSA) is 0 Å². The Morgan fingerprint density at radius 1 is 1.17 bits per heavy atom. The molecule has 0 N–H and O–H groups in total. The van der Waals surface area contributed by atoms with Gasteiger partial charge in [0.15, 0.2) is 0 Å². The van der Waals surface area contributed by atoms with Crippen molar-refractivity contribution in [1.82, 2.24) is 0 Å². The quantitative estimate of drug-likeness (QED) is 0.600. The standard InChI is InChI=1S/C10H4Cl2/c11-8-5-4-7-2-1-3-10(12)9(7)6-8/h1-2,4,6H. The van der Waals surface area contributed by atoms with E-state index in [2.05, 4.69) is 12.1 Å². The molecule has 0 fully saturated rings. The molecule has 58 valence electrons. The summed E-state index contributed by atoms with van der Waals surface area (Å²) in [5.74, 6) is 0. The minimum Gasteiger partial charge on any atom is -0.0836 e. The van der Waals surface area contributed by atoms with Crippen LogP contribution in [0.3, 0.4) is 0 Å². The molecule has 2 heteroatoms. The second kappa shape index (κ2) is 2.96. The molecule has 0 aliphatic rings. The minimum atomic E-state index is 0.573. The van der Waals surface area contributed by atoms with Crippen molar-refractivity contribution in [3.05, 3.63) is 46.4 Å². The maximum atomic E-state index is 5.90. The van der Waals surface area contributed by atoms with Gasteiger partial charge in [-0.25, -0.2) is 0 Å². The molecule has 12 heavy (non-hydrogen) atoms. The Hall–Kier alpha value is -0.720. The smallest absolute Gasteiger partial charge is 0.0563 e. The van der Waals surface area contributed by atoms with Gasteiger partial charge in [-0.05, 0) is 17.5 Å². The average Bonchev–Trinajstić information content (AvgIpc) is 2.07. The van der Waals surface area contributed by atoms with Crippen LogP contribution in [-0.4, -0.2) is 0 Å². The van der Waals surface area contributed by atoms with Gasteiger partial charge in [-0.1, -0.05) is 35.3 Å². The van der Waals surface area contributed by atoms with Crippen LogP contribution in [0.25, 0.3) is 10.8 Å². The summed E-state index contributed by atoms with van der Waals surface area (Å²) < 4.78 is 0. The van der Waals surface area contributed by atoms with Crippen LogP contribution >= 0.6 is 23.2 Å². The van der Waals surface area contributed by atoms with Crippen LogP contribution in [0.4, 0.5) is 0 Å². The fourth-order valence-corrected chi connectivity index (χ4v) is 1.48. The summed E-state index contributed by atoms with van der Waals surface area (Å²) in [4.78, 5) is 0. The van der Waals surface area contributed by atoms with Crippen molar-refractivity contribution < 1.29 is 0 Å². The monoisotopic (exact) mass is 194 g/mol. The lowest BCUT2D eigenvalue weighted by Gasteiger charge is -1.98. The molecule has 0 aromatic heterocycles. The van der Waals surface area contributed by atoms with Crippen LogP contribution in [0.15, 0.2) is 24.3 Å². The van der Waals surface area contributed by atoms with Crippen LogP contribution in [0, 0.1) is 12.1 Å². The first-order valence-corrected chi connectivity index (χ1v) is 4.20. The molecule has 0 aliphatic carbocycles. The fraction of sp³-hybridized carbons (Fsp3) is 0.